The van der Waals surface area contributed by atoms with Gasteiger partial charge < -0.3 is 9.64 Å². The maximum absolute atomic E-state index is 10.4. The summed E-state index contributed by atoms with van der Waals surface area (Å²) in [6.07, 6.45) is 6.73. The van der Waals surface area contributed by atoms with Crippen molar-refractivity contribution in [3.63, 3.8) is 0 Å². The lowest BCUT2D eigenvalue weighted by Crippen LogP contribution is -2.43. The van der Waals surface area contributed by atoms with Crippen LogP contribution >= 0.6 is 0 Å². The van der Waals surface area contributed by atoms with Gasteiger partial charge in [-0.05, 0) is 30.5 Å². The van der Waals surface area contributed by atoms with Gasteiger partial charge in [-0.3, -0.25) is 5.10 Å². The number of isocyanates is 1. The minimum atomic E-state index is 0.287. The molecule has 2 aliphatic rings. The number of hydrogen-bond acceptors (Lipinski definition) is 7. The molecule has 0 spiro atoms. The van der Waals surface area contributed by atoms with Crippen LogP contribution < -0.4 is 4.90 Å². The molecule has 2 aliphatic heterocycles. The molecule has 0 aliphatic carbocycles. The average Bonchev–Trinajstić information content (AvgIpc) is 3.28. The largest absolute Gasteiger partial charge is 0.371 e. The normalized spacial score (nSPS) is 21.4. The fraction of sp³-hybridized carbons (Fsp3) is 0.368. The van der Waals surface area contributed by atoms with Crippen molar-refractivity contribution in [1.29, 1.82) is 0 Å². The number of anilines is 1. The lowest BCUT2D eigenvalue weighted by atomic mass is 10.1. The topological polar surface area (TPSA) is 96.4 Å². The molecule has 5 rings (SSSR count). The van der Waals surface area contributed by atoms with Crippen LogP contribution in [0.5, 0.6) is 0 Å². The second-order valence-corrected chi connectivity index (χ2v) is 7.00. The number of carbonyl (C=O) groups excluding carboxylic acids is 1. The number of morpholine rings is 1. The van der Waals surface area contributed by atoms with Crippen LogP contribution in [0.15, 0.2) is 35.5 Å². The zero-order valence-electron chi connectivity index (χ0n) is 14.6. The summed E-state index contributed by atoms with van der Waals surface area (Å²) in [4.78, 5) is 25.8. The highest BCUT2D eigenvalue weighted by Crippen LogP contribution is 2.32. The minimum absolute atomic E-state index is 0.287. The van der Waals surface area contributed by atoms with E-state index in [0.29, 0.717) is 12.1 Å². The van der Waals surface area contributed by atoms with Crippen LogP contribution in [0.2, 0.25) is 0 Å². The molecule has 1 N–H and O–H groups in total. The Morgan fingerprint density at radius 1 is 1.19 bits per heavy atom. The van der Waals surface area contributed by atoms with Gasteiger partial charge in [-0.1, -0.05) is 12.1 Å². The number of fused-ring (bicyclic) bond motifs is 3. The van der Waals surface area contributed by atoms with E-state index in [4.69, 9.17) is 9.72 Å². The van der Waals surface area contributed by atoms with Crippen LogP contribution in [0.3, 0.4) is 0 Å². The number of aliphatic imine (C=N–C) groups is 1. The van der Waals surface area contributed by atoms with Gasteiger partial charge in [-0.15, -0.1) is 0 Å². The number of rotatable bonds is 4. The van der Waals surface area contributed by atoms with E-state index in [-0.39, 0.29) is 12.2 Å². The van der Waals surface area contributed by atoms with Crippen molar-refractivity contribution in [3.05, 3.63) is 41.9 Å². The third-order valence-electron chi connectivity index (χ3n) is 5.15. The number of nitrogens with one attached hydrogen (secondary N) is 1. The molecule has 2 fully saturated rings. The maximum atomic E-state index is 10.4. The summed E-state index contributed by atoms with van der Waals surface area (Å²) in [6.45, 7) is 1.71. The van der Waals surface area contributed by atoms with Crippen molar-refractivity contribution in [1.82, 2.24) is 20.2 Å². The van der Waals surface area contributed by atoms with Crippen molar-refractivity contribution in [3.8, 4) is 0 Å². The van der Waals surface area contributed by atoms with Crippen molar-refractivity contribution in [2.24, 2.45) is 4.99 Å². The lowest BCUT2D eigenvalue weighted by molar-refractivity contribution is 0.0303. The summed E-state index contributed by atoms with van der Waals surface area (Å²) in [7, 11) is 0. The molecular weight excluding hydrogens is 344 g/mol. The maximum Gasteiger partial charge on any atom is 0.240 e. The summed E-state index contributed by atoms with van der Waals surface area (Å²) in [5.74, 6) is 1.65. The highest BCUT2D eigenvalue weighted by molar-refractivity contribution is 5.86. The predicted molar refractivity (Wildman–Crippen MR) is 98.8 cm³/mol. The Hall–Kier alpha value is -3.09. The minimum Gasteiger partial charge on any atom is -0.371 e. The van der Waals surface area contributed by atoms with Crippen molar-refractivity contribution in [2.75, 3.05) is 18.0 Å². The smallest absolute Gasteiger partial charge is 0.240 e. The Morgan fingerprint density at radius 2 is 1.96 bits per heavy atom. The zero-order valence-corrected chi connectivity index (χ0v) is 14.6. The number of hydrogen-bond donors (Lipinski definition) is 1. The van der Waals surface area contributed by atoms with Crippen molar-refractivity contribution >= 4 is 28.6 Å². The molecule has 2 aromatic heterocycles. The molecule has 2 unspecified atom stereocenters. The van der Waals surface area contributed by atoms with E-state index in [2.05, 4.69) is 25.1 Å². The molecule has 2 saturated heterocycles. The molecular formula is C19H18N6O2. The van der Waals surface area contributed by atoms with Gasteiger partial charge in [-0.25, -0.2) is 14.8 Å². The van der Waals surface area contributed by atoms with Crippen LogP contribution in [-0.4, -0.2) is 51.5 Å². The van der Waals surface area contributed by atoms with Crippen LogP contribution in [0, 0.1) is 0 Å². The molecule has 2 bridgehead atoms. The van der Waals surface area contributed by atoms with Crippen LogP contribution in [0.4, 0.5) is 11.5 Å². The molecule has 0 radical (unpaired) electrons. The van der Waals surface area contributed by atoms with E-state index in [9.17, 15) is 4.79 Å². The summed E-state index contributed by atoms with van der Waals surface area (Å²) >= 11 is 0. The first-order valence-corrected chi connectivity index (χ1v) is 9.06. The number of ether oxygens (including phenoxy) is 1. The zero-order chi connectivity index (χ0) is 18.2. The van der Waals surface area contributed by atoms with Gasteiger partial charge in [0.25, 0.3) is 0 Å². The van der Waals surface area contributed by atoms with Crippen LogP contribution in [-0.2, 0) is 16.0 Å². The Labute approximate surface area is 155 Å². The second kappa shape index (κ2) is 6.57. The quantitative estimate of drug-likeness (QED) is 0.565. The summed E-state index contributed by atoms with van der Waals surface area (Å²) < 4.78 is 5.95. The number of H-pyrrole nitrogens is 1. The standard InChI is InChI=1S/C19H18N6O2/c26-11-20-13-3-1-12(2-4-13)7-17-22-18-16(8-21-24-18)19(23-17)25-9-14-5-6-15(10-25)27-14/h1-4,8,14-15H,5-7,9-10H2,(H,21,22,23,24). The van der Waals surface area contributed by atoms with Crippen LogP contribution in [0.1, 0.15) is 24.2 Å². The first-order valence-electron chi connectivity index (χ1n) is 9.06. The highest BCUT2D eigenvalue weighted by atomic mass is 16.5. The molecule has 1 aromatic carbocycles. The molecule has 136 valence electrons. The third-order valence-corrected chi connectivity index (χ3v) is 5.15. The van der Waals surface area contributed by atoms with Gasteiger partial charge in [0, 0.05) is 19.5 Å². The average molecular weight is 362 g/mol. The van der Waals surface area contributed by atoms with Gasteiger partial charge >= 0.3 is 0 Å². The summed E-state index contributed by atoms with van der Waals surface area (Å²) in [5.41, 5.74) is 2.38. The van der Waals surface area contributed by atoms with Gasteiger partial charge in [0.05, 0.1) is 29.5 Å². The van der Waals surface area contributed by atoms with Crippen LogP contribution in [0.25, 0.3) is 11.0 Å². The predicted octanol–water partition coefficient (Wildman–Crippen LogP) is 2.28. The fourth-order valence-corrected chi connectivity index (χ4v) is 3.90. The van der Waals surface area contributed by atoms with Gasteiger partial charge in [0.2, 0.25) is 6.08 Å². The lowest BCUT2D eigenvalue weighted by Gasteiger charge is -2.33. The Kier molecular flexibility index (Phi) is 3.92. The second-order valence-electron chi connectivity index (χ2n) is 7.00. The molecule has 0 saturated carbocycles. The molecule has 2 atom stereocenters. The monoisotopic (exact) mass is 362 g/mol. The van der Waals surface area contributed by atoms with Crippen molar-refractivity contribution < 1.29 is 9.53 Å². The third kappa shape index (κ3) is 3.09. The first kappa shape index (κ1) is 16.1. The molecule has 3 aromatic rings. The summed E-state index contributed by atoms with van der Waals surface area (Å²) in [6, 6.07) is 7.42. The fourth-order valence-electron chi connectivity index (χ4n) is 3.90. The summed E-state index contributed by atoms with van der Waals surface area (Å²) in [5, 5.41) is 8.07. The molecule has 8 heteroatoms. The van der Waals surface area contributed by atoms with E-state index in [1.165, 1.54) is 0 Å². The SMILES string of the molecule is O=C=Nc1ccc(Cc2nc(N3CC4CCC(C3)O4)c3cn[nH]c3n2)cc1. The van der Waals surface area contributed by atoms with Gasteiger partial charge in [0.1, 0.15) is 11.6 Å². The molecule has 4 heterocycles. The molecule has 8 nitrogen and oxygen atoms in total. The van der Waals surface area contributed by atoms with E-state index in [0.717, 1.165) is 54.2 Å². The Balaban J connectivity index is 1.47. The first-order chi connectivity index (χ1) is 13.3. The van der Waals surface area contributed by atoms with Crippen molar-refractivity contribution in [2.45, 2.75) is 31.5 Å². The Morgan fingerprint density at radius 3 is 2.70 bits per heavy atom. The van der Waals surface area contributed by atoms with Gasteiger partial charge in [0.15, 0.2) is 5.65 Å². The van der Waals surface area contributed by atoms with E-state index in [1.807, 2.05) is 12.1 Å². The number of aromatic amines is 1. The molecule has 27 heavy (non-hydrogen) atoms. The Bertz CT molecular complexity index is 1010. The number of nitrogens with zero attached hydrogens (tertiary/aromatic N) is 5. The van der Waals surface area contributed by atoms with E-state index < -0.39 is 0 Å². The molecule has 0 amide bonds. The van der Waals surface area contributed by atoms with E-state index in [1.54, 1.807) is 24.4 Å². The number of benzene rings is 1. The highest BCUT2D eigenvalue weighted by Gasteiger charge is 2.35. The van der Waals surface area contributed by atoms with E-state index >= 15 is 0 Å². The van der Waals surface area contributed by atoms with Gasteiger partial charge in [-0.2, -0.15) is 10.1 Å². The number of aromatic nitrogens is 4.